The summed E-state index contributed by atoms with van der Waals surface area (Å²) < 4.78 is 0. The summed E-state index contributed by atoms with van der Waals surface area (Å²) >= 11 is 0. The second-order valence-electron chi connectivity index (χ2n) is 13.8. The predicted molar refractivity (Wildman–Crippen MR) is 293 cm³/mol. The first-order valence-electron chi connectivity index (χ1n) is 20.9. The van der Waals surface area contributed by atoms with Crippen molar-refractivity contribution in [2.45, 2.75) is 13.8 Å². The number of hydrogen-bond acceptors (Lipinski definition) is 8. The van der Waals surface area contributed by atoms with E-state index in [1.54, 1.807) is 12.1 Å². The monoisotopic (exact) mass is 1160 g/mol. The first-order valence-corrected chi connectivity index (χ1v) is 27.7. The van der Waals surface area contributed by atoms with Gasteiger partial charge < -0.3 is 20.2 Å². The van der Waals surface area contributed by atoms with Crippen molar-refractivity contribution in [3.8, 4) is 12.1 Å². The molecule has 0 aliphatic heterocycles. The molecule has 0 atom stereocenters. The summed E-state index contributed by atoms with van der Waals surface area (Å²) in [4.78, 5) is 16.0. The number of nitriles is 2. The van der Waals surface area contributed by atoms with E-state index in [-0.39, 0.29) is 44.8 Å². The molecule has 8 aromatic rings. The van der Waals surface area contributed by atoms with Crippen molar-refractivity contribution in [2.75, 3.05) is 11.8 Å². The van der Waals surface area contributed by atoms with Crippen molar-refractivity contribution >= 4 is 74.1 Å². The van der Waals surface area contributed by atoms with Gasteiger partial charge in [-0.1, -0.05) is 146 Å². The topological polar surface area (TPSA) is 153 Å². The van der Waals surface area contributed by atoms with Crippen LogP contribution in [0.1, 0.15) is 13.8 Å². The fourth-order valence-electron chi connectivity index (χ4n) is 6.95. The summed E-state index contributed by atoms with van der Waals surface area (Å²) in [5, 5.41) is 44.7. The van der Waals surface area contributed by atoms with Gasteiger partial charge in [0.15, 0.2) is 11.8 Å². The van der Waals surface area contributed by atoms with E-state index in [2.05, 4.69) is 243 Å². The van der Waals surface area contributed by atoms with Crippen molar-refractivity contribution in [3.63, 3.8) is 0 Å². The van der Waals surface area contributed by atoms with Gasteiger partial charge in [0.1, 0.15) is 74.1 Å². The maximum Gasteiger partial charge on any atom is 1.00 e. The number of nitrogens with zero attached hydrogens (tertiary/aromatic N) is 4. The van der Waals surface area contributed by atoms with Crippen LogP contribution in [0, 0.1) is 42.9 Å². The second-order valence-corrected chi connectivity index (χ2v) is 25.1. The summed E-state index contributed by atoms with van der Waals surface area (Å²) in [6, 6.07) is 92.4. The summed E-state index contributed by atoms with van der Waals surface area (Å²) in [5.74, 6) is 2.49. The van der Waals surface area contributed by atoms with Crippen LogP contribution in [-0.4, -0.2) is 11.8 Å². The number of hydrogen-bond donors (Lipinski definition) is 0. The van der Waals surface area contributed by atoms with E-state index in [0.29, 0.717) is 0 Å². The Bertz CT molecular complexity index is 2060. The van der Waals surface area contributed by atoms with E-state index in [0.717, 1.165) is 10.7 Å². The van der Waals surface area contributed by atoms with Gasteiger partial charge >= 0.3 is 44.8 Å². The predicted octanol–water partition coefficient (Wildman–Crippen LogP) is 10.9. The SMILES string of the molecule is CC#N.CC#N.O=N[O-].O=N[O-].[Ag+].[Ag+].c1ccc([PH+](C[PH+](c2ccccc2)c2ccccc2)c2ccccc2)cc1.c1ccc([PH+](C[PH+](c2ccccc2)c2ccccc2)c2ccccc2)cc1. The molecule has 68 heavy (non-hydrogen) atoms. The van der Waals surface area contributed by atoms with E-state index in [1.807, 2.05) is 0 Å². The van der Waals surface area contributed by atoms with Crippen LogP contribution in [0.3, 0.4) is 0 Å². The number of rotatable bonds is 12. The zero-order valence-corrected chi connectivity index (χ0v) is 44.5. The van der Waals surface area contributed by atoms with Crippen molar-refractivity contribution in [1.29, 1.82) is 10.5 Å². The molecule has 0 saturated heterocycles. The molecule has 0 aliphatic carbocycles. The Kier molecular flexibility index (Phi) is 34.6. The van der Waals surface area contributed by atoms with Crippen LogP contribution in [0.2, 0.25) is 0 Å². The quantitative estimate of drug-likeness (QED) is 0.0514. The van der Waals surface area contributed by atoms with Crippen LogP contribution in [0.15, 0.2) is 253 Å². The molecule has 0 unspecified atom stereocenters. The van der Waals surface area contributed by atoms with Gasteiger partial charge in [-0.3, -0.25) is 0 Å². The Morgan fingerprint density at radius 1 is 0.324 bits per heavy atom. The molecule has 0 fully saturated rings. The summed E-state index contributed by atoms with van der Waals surface area (Å²) in [6.07, 6.45) is 0. The molecule has 0 bridgehead atoms. The third-order valence-electron chi connectivity index (χ3n) is 9.69. The van der Waals surface area contributed by atoms with Gasteiger partial charge in [0.25, 0.3) is 0 Å². The summed E-state index contributed by atoms with van der Waals surface area (Å²) in [5.41, 5.74) is 0. The number of benzene rings is 8. The molecule has 8 aromatic carbocycles. The van der Waals surface area contributed by atoms with E-state index in [4.69, 9.17) is 30.8 Å². The zero-order valence-electron chi connectivity index (χ0n) is 37.5. The van der Waals surface area contributed by atoms with Crippen molar-refractivity contribution < 1.29 is 44.8 Å². The molecule has 14 heteroatoms. The van der Waals surface area contributed by atoms with Gasteiger partial charge in [-0.15, -0.1) is 10.7 Å². The maximum absolute atomic E-state index is 8.00. The Morgan fingerprint density at radius 2 is 0.412 bits per heavy atom. The van der Waals surface area contributed by atoms with Crippen LogP contribution in [0.5, 0.6) is 0 Å². The maximum atomic E-state index is 8.00. The van der Waals surface area contributed by atoms with E-state index >= 15 is 0 Å². The van der Waals surface area contributed by atoms with Crippen LogP contribution in [0.4, 0.5) is 0 Å². The fraction of sp³-hybridized carbons (Fsp3) is 0.0741. The fourth-order valence-corrected chi connectivity index (χ4v) is 22.4. The second kappa shape index (κ2) is 38.7. The van der Waals surface area contributed by atoms with Crippen LogP contribution in [-0.2, 0) is 44.8 Å². The minimum atomic E-state index is -0.847. The van der Waals surface area contributed by atoms with Crippen LogP contribution >= 0.6 is 31.7 Å². The Balaban J connectivity index is 0.000000539. The summed E-state index contributed by atoms with van der Waals surface area (Å²) in [7, 11) is -3.39. The summed E-state index contributed by atoms with van der Waals surface area (Å²) in [6.45, 7) is 2.86. The first-order chi connectivity index (χ1) is 32.5. The van der Waals surface area contributed by atoms with Crippen molar-refractivity contribution in [1.82, 2.24) is 0 Å². The molecule has 0 aromatic heterocycles. The average molecular weight is 1160 g/mol. The molecule has 8 nitrogen and oxygen atoms in total. The molecule has 0 heterocycles. The van der Waals surface area contributed by atoms with E-state index < -0.39 is 31.7 Å². The van der Waals surface area contributed by atoms with Gasteiger partial charge in [-0.2, -0.15) is 10.5 Å². The molecule has 352 valence electrons. The minimum Gasteiger partial charge on any atom is -0.444 e. The van der Waals surface area contributed by atoms with Crippen molar-refractivity contribution in [2.24, 2.45) is 10.7 Å². The normalized spacial score (nSPS) is 9.35. The van der Waals surface area contributed by atoms with Gasteiger partial charge in [0, 0.05) is 13.8 Å². The molecule has 0 amide bonds. The van der Waals surface area contributed by atoms with Gasteiger partial charge in [0.2, 0.25) is 0 Å². The third kappa shape index (κ3) is 22.2. The van der Waals surface area contributed by atoms with E-state index in [1.165, 1.54) is 68.1 Å². The Hall–Kier alpha value is -5.26. The molecular formula is C54H54Ag2N4O4P4+4. The molecule has 0 saturated carbocycles. The molecular weight excluding hydrogens is 1110 g/mol. The Labute approximate surface area is 437 Å². The minimum absolute atomic E-state index is 0. The largest absolute Gasteiger partial charge is 1.00 e. The van der Waals surface area contributed by atoms with Gasteiger partial charge in [-0.05, 0) is 97.1 Å². The van der Waals surface area contributed by atoms with Gasteiger partial charge in [-0.25, -0.2) is 0 Å². The van der Waals surface area contributed by atoms with Crippen LogP contribution < -0.4 is 42.4 Å². The smallest absolute Gasteiger partial charge is 0.444 e. The third-order valence-corrected chi connectivity index (χ3v) is 23.6. The molecule has 0 radical (unpaired) electrons. The standard InChI is InChI=1S/2C25H22P2.2C2H3N.2Ag.2HNO2/c2*1-5-13-22(14-6-1)26(23-15-7-2-8-16-23)21-27(24-17-9-3-10-18-24)25-19-11-4-12-20-25;2*1-2-3;;;2*2-1-3/h2*1-20H,21H2;2*1H3;;;2*(H,2,3)/q;;;;2*+1;;/p+2. The van der Waals surface area contributed by atoms with Crippen LogP contribution in [0.25, 0.3) is 0 Å². The van der Waals surface area contributed by atoms with Gasteiger partial charge in [0.05, 0.1) is 12.1 Å². The molecule has 8 rings (SSSR count). The zero-order chi connectivity index (χ0) is 47.5. The molecule has 0 spiro atoms. The molecule has 0 aliphatic rings. The molecule has 0 N–H and O–H groups in total. The first kappa shape index (κ1) is 60.8. The van der Waals surface area contributed by atoms with E-state index in [9.17, 15) is 0 Å². The van der Waals surface area contributed by atoms with Crippen molar-refractivity contribution in [3.05, 3.63) is 263 Å². The Morgan fingerprint density at radius 3 is 0.500 bits per heavy atom. The average Bonchev–Trinajstić information content (AvgIpc) is 3.38.